The van der Waals surface area contributed by atoms with Crippen molar-refractivity contribution in [3.63, 3.8) is 0 Å². The number of methoxy groups -OCH3 is 1. The average molecular weight is 339 g/mol. The molecule has 0 aliphatic carbocycles. The molecule has 6 heteroatoms. The third kappa shape index (κ3) is 4.32. The molecule has 128 valence electrons. The third-order valence-corrected chi connectivity index (χ3v) is 6.22. The van der Waals surface area contributed by atoms with E-state index in [1.807, 2.05) is 30.3 Å². The summed E-state index contributed by atoms with van der Waals surface area (Å²) in [5.74, 6) is -0.0278. The number of piperidine rings is 1. The van der Waals surface area contributed by atoms with Crippen LogP contribution < -0.4 is 4.74 Å². The molecule has 0 bridgehead atoms. The molecule has 2 unspecified atom stereocenters. The zero-order chi connectivity index (χ0) is 17.0. The Kier molecular flexibility index (Phi) is 6.18. The molecule has 0 saturated carbocycles. The van der Waals surface area contributed by atoms with Gasteiger partial charge in [0.05, 0.1) is 12.0 Å². The minimum absolute atomic E-state index is 0.0709. The first kappa shape index (κ1) is 17.9. The van der Waals surface area contributed by atoms with Gasteiger partial charge in [0.25, 0.3) is 0 Å². The highest BCUT2D eigenvalue weighted by molar-refractivity contribution is 7.82. The molecule has 1 fully saturated rings. The van der Waals surface area contributed by atoms with Gasteiger partial charge in [0, 0.05) is 19.0 Å². The number of carbonyl (C=O) groups is 1. The Morgan fingerprint density at radius 2 is 2.00 bits per heavy atom. The number of hydrogen-bond acceptors (Lipinski definition) is 3. The fourth-order valence-corrected chi connectivity index (χ4v) is 4.87. The molecule has 0 spiro atoms. The van der Waals surface area contributed by atoms with Gasteiger partial charge in [-0.3, -0.25) is 4.79 Å². The number of aryl methyl sites for hydroxylation is 2. The minimum Gasteiger partial charge on any atom is -0.497 e. The molecule has 1 heterocycles. The van der Waals surface area contributed by atoms with Crippen LogP contribution in [0.4, 0.5) is 0 Å². The predicted molar refractivity (Wildman–Crippen MR) is 90.1 cm³/mol. The predicted octanol–water partition coefficient (Wildman–Crippen LogP) is 3.05. The summed E-state index contributed by atoms with van der Waals surface area (Å²) in [6.45, 7) is 4.64. The quantitative estimate of drug-likeness (QED) is 0.865. The maximum Gasteiger partial charge on any atom is 0.303 e. The third-order valence-electron chi connectivity index (χ3n) is 4.32. The van der Waals surface area contributed by atoms with Gasteiger partial charge in [0.1, 0.15) is 16.7 Å². The lowest BCUT2D eigenvalue weighted by molar-refractivity contribution is -0.137. The van der Waals surface area contributed by atoms with Crippen molar-refractivity contribution >= 4 is 17.0 Å². The minimum atomic E-state index is -1.26. The molecule has 1 N–H and O–H groups in total. The normalized spacial score (nSPS) is 20.2. The molecular weight excluding hydrogens is 314 g/mol. The van der Waals surface area contributed by atoms with E-state index in [1.54, 1.807) is 7.11 Å². The van der Waals surface area contributed by atoms with Gasteiger partial charge in [-0.15, -0.1) is 0 Å². The number of hydrogen-bond donors (Lipinski definition) is 1. The van der Waals surface area contributed by atoms with Crippen LogP contribution in [0, 0.1) is 13.8 Å². The summed E-state index contributed by atoms with van der Waals surface area (Å²) in [6.07, 6.45) is 3.66. The monoisotopic (exact) mass is 339 g/mol. The van der Waals surface area contributed by atoms with Crippen molar-refractivity contribution in [1.29, 1.82) is 0 Å². The summed E-state index contributed by atoms with van der Waals surface area (Å²) >= 11 is 0. The molecular formula is C17H25NO4S. The second kappa shape index (κ2) is 7.93. The van der Waals surface area contributed by atoms with Gasteiger partial charge in [0.2, 0.25) is 0 Å². The van der Waals surface area contributed by atoms with E-state index < -0.39 is 17.0 Å². The number of ether oxygens (including phenoxy) is 1. The Balaban J connectivity index is 2.25. The molecule has 5 nitrogen and oxygen atoms in total. The van der Waals surface area contributed by atoms with E-state index in [0.717, 1.165) is 47.6 Å². The van der Waals surface area contributed by atoms with Crippen LogP contribution in [0.3, 0.4) is 0 Å². The van der Waals surface area contributed by atoms with E-state index >= 15 is 0 Å². The molecule has 1 aliphatic heterocycles. The van der Waals surface area contributed by atoms with E-state index in [1.165, 1.54) is 0 Å². The molecule has 0 amide bonds. The Hall–Kier alpha value is -1.40. The van der Waals surface area contributed by atoms with Crippen LogP contribution in [0.1, 0.15) is 43.2 Å². The van der Waals surface area contributed by atoms with Gasteiger partial charge in [0.15, 0.2) is 0 Å². The van der Waals surface area contributed by atoms with Gasteiger partial charge >= 0.3 is 5.97 Å². The highest BCUT2D eigenvalue weighted by Crippen LogP contribution is 2.30. The van der Waals surface area contributed by atoms with Crippen LogP contribution in [0.25, 0.3) is 0 Å². The SMILES string of the molecule is COc1cc(C)c(S(=O)N2CCCCC2CCC(=O)O)c(C)c1. The fourth-order valence-electron chi connectivity index (χ4n) is 3.19. The lowest BCUT2D eigenvalue weighted by Gasteiger charge is -2.34. The molecule has 0 aromatic heterocycles. The smallest absolute Gasteiger partial charge is 0.303 e. The lowest BCUT2D eigenvalue weighted by Crippen LogP contribution is -2.41. The maximum absolute atomic E-state index is 13.1. The number of benzene rings is 1. The molecule has 0 radical (unpaired) electrons. The van der Waals surface area contributed by atoms with Gasteiger partial charge in [-0.1, -0.05) is 6.42 Å². The standard InChI is InChI=1S/C17H25NO4S/c1-12-10-15(22-3)11-13(2)17(12)23(21)18-9-5-4-6-14(18)7-8-16(19)20/h10-11,14H,4-9H2,1-3H3,(H,19,20). The largest absolute Gasteiger partial charge is 0.497 e. The van der Waals surface area contributed by atoms with Crippen molar-refractivity contribution in [3.05, 3.63) is 23.3 Å². The highest BCUT2D eigenvalue weighted by Gasteiger charge is 2.29. The Morgan fingerprint density at radius 1 is 1.35 bits per heavy atom. The van der Waals surface area contributed by atoms with Gasteiger partial charge < -0.3 is 9.84 Å². The van der Waals surface area contributed by atoms with Crippen LogP contribution >= 0.6 is 0 Å². The van der Waals surface area contributed by atoms with Crippen molar-refractivity contribution in [1.82, 2.24) is 4.31 Å². The van der Waals surface area contributed by atoms with Gasteiger partial charge in [-0.05, 0) is 56.4 Å². The first-order valence-corrected chi connectivity index (χ1v) is 9.10. The van der Waals surface area contributed by atoms with Crippen molar-refractivity contribution in [2.45, 2.75) is 56.9 Å². The molecule has 2 atom stereocenters. The van der Waals surface area contributed by atoms with Crippen molar-refractivity contribution in [2.75, 3.05) is 13.7 Å². The summed E-state index contributed by atoms with van der Waals surface area (Å²) in [5, 5.41) is 8.92. The van der Waals surface area contributed by atoms with Crippen molar-refractivity contribution in [3.8, 4) is 5.75 Å². The van der Waals surface area contributed by atoms with Crippen LogP contribution in [0.2, 0.25) is 0 Å². The summed E-state index contributed by atoms with van der Waals surface area (Å²) in [7, 11) is 0.359. The molecule has 1 aromatic carbocycles. The van der Waals surface area contributed by atoms with Gasteiger partial charge in [-0.25, -0.2) is 8.51 Å². The van der Waals surface area contributed by atoms with E-state index in [0.29, 0.717) is 6.42 Å². The van der Waals surface area contributed by atoms with Crippen LogP contribution in [0.15, 0.2) is 17.0 Å². The lowest BCUT2D eigenvalue weighted by atomic mass is 10.0. The van der Waals surface area contributed by atoms with E-state index in [2.05, 4.69) is 0 Å². The first-order chi connectivity index (χ1) is 10.9. The molecule has 1 aliphatic rings. The fraction of sp³-hybridized carbons (Fsp3) is 0.588. The first-order valence-electron chi connectivity index (χ1n) is 7.99. The number of aliphatic carboxylic acids is 1. The Labute approximate surface area is 140 Å². The Morgan fingerprint density at radius 3 is 2.57 bits per heavy atom. The van der Waals surface area contributed by atoms with E-state index in [4.69, 9.17) is 9.84 Å². The topological polar surface area (TPSA) is 66.8 Å². The number of carboxylic acid groups (broad SMARTS) is 1. The van der Waals surface area contributed by atoms with Crippen LogP contribution in [-0.2, 0) is 15.8 Å². The summed E-state index contributed by atoms with van der Waals surface area (Å²) < 4.78 is 20.4. The zero-order valence-corrected chi connectivity index (χ0v) is 14.8. The number of rotatable bonds is 6. The molecule has 2 rings (SSSR count). The van der Waals surface area contributed by atoms with Crippen molar-refractivity contribution < 1.29 is 18.8 Å². The van der Waals surface area contributed by atoms with Gasteiger partial charge in [-0.2, -0.15) is 0 Å². The van der Waals surface area contributed by atoms with Crippen LogP contribution in [-0.4, -0.2) is 39.3 Å². The molecule has 1 saturated heterocycles. The second-order valence-electron chi connectivity index (χ2n) is 6.06. The number of nitrogens with zero attached hydrogens (tertiary/aromatic N) is 1. The summed E-state index contributed by atoms with van der Waals surface area (Å²) in [5.41, 5.74) is 1.89. The average Bonchev–Trinajstić information content (AvgIpc) is 2.52. The van der Waals surface area contributed by atoms with E-state index in [9.17, 15) is 9.00 Å². The maximum atomic E-state index is 13.1. The highest BCUT2D eigenvalue weighted by atomic mass is 32.2. The zero-order valence-electron chi connectivity index (χ0n) is 14.0. The van der Waals surface area contributed by atoms with Crippen molar-refractivity contribution in [2.24, 2.45) is 0 Å². The Bertz CT molecular complexity index is 579. The molecule has 23 heavy (non-hydrogen) atoms. The molecule has 1 aromatic rings. The second-order valence-corrected chi connectivity index (χ2v) is 7.44. The van der Waals surface area contributed by atoms with Crippen LogP contribution in [0.5, 0.6) is 5.75 Å². The van der Waals surface area contributed by atoms with E-state index in [-0.39, 0.29) is 12.5 Å². The summed E-state index contributed by atoms with van der Waals surface area (Å²) in [6, 6.07) is 3.87. The number of carboxylic acids is 1. The summed E-state index contributed by atoms with van der Waals surface area (Å²) in [4.78, 5) is 11.7.